The zero-order valence-electron chi connectivity index (χ0n) is 12.1. The highest BCUT2D eigenvalue weighted by molar-refractivity contribution is 7.92. The topological polar surface area (TPSA) is 85.5 Å². The summed E-state index contributed by atoms with van der Waals surface area (Å²) in [5, 5.41) is 4.46. The second-order valence-corrected chi connectivity index (χ2v) is 6.95. The lowest BCUT2D eigenvalue weighted by molar-refractivity contribution is 0.601. The Hall–Kier alpha value is -2.32. The largest absolute Gasteiger partial charge is 0.300 e. The van der Waals surface area contributed by atoms with Crippen LogP contribution in [-0.4, -0.2) is 22.6 Å². The van der Waals surface area contributed by atoms with Gasteiger partial charge in [0.05, 0.1) is 0 Å². The lowest BCUT2D eigenvalue weighted by Gasteiger charge is -2.05. The molecule has 0 bridgehead atoms. The molecule has 1 N–H and O–H groups in total. The van der Waals surface area contributed by atoms with Crippen LogP contribution in [0, 0.1) is 0 Å². The van der Waals surface area contributed by atoms with E-state index in [0.717, 1.165) is 0 Å². The Morgan fingerprint density at radius 2 is 1.96 bits per heavy atom. The van der Waals surface area contributed by atoms with Crippen LogP contribution in [-0.2, 0) is 16.6 Å². The third-order valence-electron chi connectivity index (χ3n) is 3.30. The van der Waals surface area contributed by atoms with E-state index >= 15 is 0 Å². The number of aryl methyl sites for hydroxylation is 1. The summed E-state index contributed by atoms with van der Waals surface area (Å²) in [5.74, 6) is 0. The van der Waals surface area contributed by atoms with Crippen LogP contribution in [0.4, 0.5) is 5.69 Å². The van der Waals surface area contributed by atoms with E-state index in [9.17, 15) is 13.2 Å². The number of sulfonamides is 1. The summed E-state index contributed by atoms with van der Waals surface area (Å²) < 4.78 is 30.0. The Bertz CT molecular complexity index is 1020. The zero-order valence-corrected chi connectivity index (χ0v) is 13.7. The van der Waals surface area contributed by atoms with Crippen molar-refractivity contribution in [1.82, 2.24) is 14.2 Å². The van der Waals surface area contributed by atoms with Gasteiger partial charge in [0, 0.05) is 23.5 Å². The second-order valence-electron chi connectivity index (χ2n) is 4.83. The molecule has 2 heterocycles. The molecule has 9 heteroatoms. The van der Waals surface area contributed by atoms with Gasteiger partial charge in [0.2, 0.25) is 0 Å². The number of hydrogen-bond donors (Lipinski definition) is 1. The first-order valence-corrected chi connectivity index (χ1v) is 8.63. The van der Waals surface area contributed by atoms with Crippen LogP contribution in [0.2, 0.25) is 5.02 Å². The van der Waals surface area contributed by atoms with Crippen molar-refractivity contribution in [3.63, 3.8) is 0 Å². The molecule has 3 aromatic rings. The van der Waals surface area contributed by atoms with E-state index in [-0.39, 0.29) is 16.0 Å². The quantitative estimate of drug-likeness (QED) is 0.777. The third-order valence-corrected chi connectivity index (χ3v) is 4.90. The molecule has 23 heavy (non-hydrogen) atoms. The van der Waals surface area contributed by atoms with E-state index in [1.165, 1.54) is 27.7 Å². The predicted octanol–water partition coefficient (Wildman–Crippen LogP) is 1.97. The summed E-state index contributed by atoms with van der Waals surface area (Å²) >= 11 is 5.77. The fourth-order valence-electron chi connectivity index (χ4n) is 2.13. The summed E-state index contributed by atoms with van der Waals surface area (Å²) in [6.07, 6.45) is 2.75. The average Bonchev–Trinajstić information content (AvgIpc) is 2.96. The Balaban J connectivity index is 2.03. The summed E-state index contributed by atoms with van der Waals surface area (Å²) in [6.45, 7) is 2.19. The molecular weight excluding hydrogens is 340 g/mol. The molecule has 0 saturated carbocycles. The summed E-state index contributed by atoms with van der Waals surface area (Å²) in [4.78, 5) is 12.1. The molecule has 7 nitrogen and oxygen atoms in total. The van der Waals surface area contributed by atoms with Gasteiger partial charge >= 0.3 is 0 Å². The van der Waals surface area contributed by atoms with Crippen LogP contribution in [0.25, 0.3) is 5.52 Å². The van der Waals surface area contributed by atoms with Gasteiger partial charge in [-0.05, 0) is 37.3 Å². The van der Waals surface area contributed by atoms with Gasteiger partial charge in [-0.25, -0.2) is 13.1 Å². The van der Waals surface area contributed by atoms with Crippen molar-refractivity contribution in [3.8, 4) is 0 Å². The summed E-state index contributed by atoms with van der Waals surface area (Å²) in [5.41, 5.74) is 0.287. The molecular formula is C14H13ClN4O3S. The Morgan fingerprint density at radius 3 is 2.61 bits per heavy atom. The minimum absolute atomic E-state index is 0.0137. The van der Waals surface area contributed by atoms with Crippen molar-refractivity contribution in [2.45, 2.75) is 18.4 Å². The van der Waals surface area contributed by atoms with Crippen LogP contribution >= 0.6 is 11.6 Å². The van der Waals surface area contributed by atoms with Gasteiger partial charge in [-0.3, -0.25) is 13.9 Å². The molecule has 0 fully saturated rings. The van der Waals surface area contributed by atoms with Gasteiger partial charge in [-0.15, -0.1) is 0 Å². The molecule has 0 atom stereocenters. The Kier molecular flexibility index (Phi) is 3.87. The van der Waals surface area contributed by atoms with Gasteiger partial charge in [0.1, 0.15) is 16.7 Å². The minimum atomic E-state index is -3.81. The summed E-state index contributed by atoms with van der Waals surface area (Å²) in [7, 11) is -3.81. The van der Waals surface area contributed by atoms with Crippen molar-refractivity contribution in [3.05, 3.63) is 58.2 Å². The highest BCUT2D eigenvalue weighted by Crippen LogP contribution is 2.19. The minimum Gasteiger partial charge on any atom is -0.300 e. The molecule has 0 unspecified atom stereocenters. The first-order valence-electron chi connectivity index (χ1n) is 6.77. The van der Waals surface area contributed by atoms with Gasteiger partial charge in [0.15, 0.2) is 0 Å². The molecule has 0 aliphatic heterocycles. The monoisotopic (exact) mass is 352 g/mol. The number of aromatic nitrogens is 3. The van der Waals surface area contributed by atoms with Crippen molar-refractivity contribution in [1.29, 1.82) is 0 Å². The van der Waals surface area contributed by atoms with Crippen LogP contribution in [0.3, 0.4) is 0 Å². The normalized spacial score (nSPS) is 11.7. The molecule has 0 saturated heterocycles. The molecule has 0 aliphatic carbocycles. The standard InChI is InChI=1S/C14H13ClN4O3S/c1-2-19-14(20)13-7-12(8-18(13)9-16-19)23(21,22)17-11-5-3-10(15)4-6-11/h3-9,17H,2H2,1H3. The zero-order chi connectivity index (χ0) is 16.6. The number of rotatable bonds is 4. The third kappa shape index (κ3) is 2.95. The smallest absolute Gasteiger partial charge is 0.291 e. The Morgan fingerprint density at radius 1 is 1.26 bits per heavy atom. The van der Waals surface area contributed by atoms with Crippen molar-refractivity contribution >= 4 is 32.8 Å². The molecule has 120 valence electrons. The van der Waals surface area contributed by atoms with Crippen molar-refractivity contribution in [2.75, 3.05) is 4.72 Å². The lowest BCUT2D eigenvalue weighted by atomic mass is 10.3. The first kappa shape index (κ1) is 15.6. The van der Waals surface area contributed by atoms with Crippen LogP contribution in [0.1, 0.15) is 6.92 Å². The van der Waals surface area contributed by atoms with Crippen LogP contribution < -0.4 is 10.3 Å². The molecule has 0 spiro atoms. The molecule has 2 aromatic heterocycles. The van der Waals surface area contributed by atoms with Crippen molar-refractivity contribution in [2.24, 2.45) is 0 Å². The number of nitrogens with one attached hydrogen (secondary N) is 1. The van der Waals surface area contributed by atoms with Crippen molar-refractivity contribution < 1.29 is 8.42 Å². The first-order chi connectivity index (χ1) is 10.9. The van der Waals surface area contributed by atoms with E-state index < -0.39 is 10.0 Å². The molecule has 0 radical (unpaired) electrons. The fourth-order valence-corrected chi connectivity index (χ4v) is 3.34. The summed E-state index contributed by atoms with van der Waals surface area (Å²) in [6, 6.07) is 7.61. The molecule has 3 rings (SSSR count). The molecule has 0 amide bonds. The number of halogens is 1. The number of anilines is 1. The molecule has 0 aliphatic rings. The lowest BCUT2D eigenvalue weighted by Crippen LogP contribution is -2.23. The maximum absolute atomic E-state index is 12.4. The average molecular weight is 353 g/mol. The van der Waals surface area contributed by atoms with Crippen LogP contribution in [0.15, 0.2) is 52.5 Å². The number of hydrogen-bond acceptors (Lipinski definition) is 4. The SMILES string of the molecule is CCn1ncn2cc(S(=O)(=O)Nc3ccc(Cl)cc3)cc2c1=O. The van der Waals surface area contributed by atoms with Gasteiger partial charge in [-0.2, -0.15) is 5.10 Å². The number of benzene rings is 1. The second kappa shape index (κ2) is 5.71. The van der Waals surface area contributed by atoms with E-state index in [0.29, 0.717) is 17.3 Å². The van der Waals surface area contributed by atoms with Gasteiger partial charge in [-0.1, -0.05) is 11.6 Å². The highest BCUT2D eigenvalue weighted by Gasteiger charge is 2.18. The van der Waals surface area contributed by atoms with E-state index in [4.69, 9.17) is 11.6 Å². The Labute approximate surface area is 137 Å². The fraction of sp³-hybridized carbons (Fsp3) is 0.143. The maximum atomic E-state index is 12.4. The van der Waals surface area contributed by atoms with E-state index in [2.05, 4.69) is 9.82 Å². The number of fused-ring (bicyclic) bond motifs is 1. The van der Waals surface area contributed by atoms with E-state index in [1.807, 2.05) is 0 Å². The van der Waals surface area contributed by atoms with Gasteiger partial charge < -0.3 is 0 Å². The van der Waals surface area contributed by atoms with Crippen LogP contribution in [0.5, 0.6) is 0 Å². The molecule has 1 aromatic carbocycles. The van der Waals surface area contributed by atoms with E-state index in [1.54, 1.807) is 31.2 Å². The van der Waals surface area contributed by atoms with Gasteiger partial charge in [0.25, 0.3) is 15.6 Å². The highest BCUT2D eigenvalue weighted by atomic mass is 35.5. The maximum Gasteiger partial charge on any atom is 0.291 e. The number of nitrogens with zero attached hydrogens (tertiary/aromatic N) is 3. The predicted molar refractivity (Wildman–Crippen MR) is 87.4 cm³/mol.